The molecule has 1 rings (SSSR count). The van der Waals surface area contributed by atoms with E-state index in [1.807, 2.05) is 6.92 Å². The number of carboxylic acid groups (broad SMARTS) is 1. The first-order valence-corrected chi connectivity index (χ1v) is 8.20. The van der Waals surface area contributed by atoms with Gasteiger partial charge in [-0.15, -0.1) is 0 Å². The predicted octanol–water partition coefficient (Wildman–Crippen LogP) is 2.38. The van der Waals surface area contributed by atoms with Crippen LogP contribution in [0.15, 0.2) is 18.2 Å². The average molecular weight is 321 g/mol. The molecule has 1 aromatic carbocycles. The van der Waals surface area contributed by atoms with Crippen molar-refractivity contribution in [3.8, 4) is 0 Å². The topological polar surface area (TPSA) is 95.5 Å². The van der Waals surface area contributed by atoms with Crippen LogP contribution >= 0.6 is 11.6 Å². The Morgan fingerprint density at radius 3 is 2.65 bits per heavy atom. The molecule has 0 aliphatic rings. The molecule has 1 atom stereocenters. The number of carbonyl (C=O) groups is 1. The molecule has 1 aromatic rings. The quantitative estimate of drug-likeness (QED) is 0.717. The van der Waals surface area contributed by atoms with E-state index >= 15 is 0 Å². The van der Waals surface area contributed by atoms with Crippen molar-refractivity contribution in [2.45, 2.75) is 25.8 Å². The Labute approximate surface area is 123 Å². The molecule has 0 heterocycles. The Kier molecular flexibility index (Phi) is 5.64. The van der Waals surface area contributed by atoms with Crippen molar-refractivity contribution in [1.82, 2.24) is 0 Å². The number of hydrogen-bond acceptors (Lipinski definition) is 4. The van der Waals surface area contributed by atoms with Crippen LogP contribution in [0.1, 0.15) is 19.8 Å². The summed E-state index contributed by atoms with van der Waals surface area (Å²) in [6.45, 7) is 1.83. The van der Waals surface area contributed by atoms with Crippen LogP contribution in [-0.2, 0) is 14.8 Å². The van der Waals surface area contributed by atoms with Crippen molar-refractivity contribution >= 4 is 39.0 Å². The summed E-state index contributed by atoms with van der Waals surface area (Å²) in [6, 6.07) is 4.59. The molecular formula is C12H17ClN2O4S. The smallest absolute Gasteiger partial charge is 0.303 e. The molecule has 8 heteroatoms. The van der Waals surface area contributed by atoms with E-state index in [0.717, 1.165) is 6.26 Å². The highest BCUT2D eigenvalue weighted by atomic mass is 35.5. The molecule has 0 fully saturated rings. The maximum atomic E-state index is 11.2. The fourth-order valence-electron chi connectivity index (χ4n) is 1.59. The van der Waals surface area contributed by atoms with E-state index < -0.39 is 16.0 Å². The molecular weight excluding hydrogens is 304 g/mol. The second-order valence-electron chi connectivity index (χ2n) is 4.55. The number of carboxylic acids is 1. The number of anilines is 2. The fourth-order valence-corrected chi connectivity index (χ4v) is 2.32. The van der Waals surface area contributed by atoms with Gasteiger partial charge >= 0.3 is 5.97 Å². The Morgan fingerprint density at radius 2 is 2.10 bits per heavy atom. The van der Waals surface area contributed by atoms with E-state index in [1.54, 1.807) is 18.2 Å². The van der Waals surface area contributed by atoms with Crippen molar-refractivity contribution in [1.29, 1.82) is 0 Å². The zero-order chi connectivity index (χ0) is 15.3. The van der Waals surface area contributed by atoms with Gasteiger partial charge in [0, 0.05) is 12.5 Å². The maximum absolute atomic E-state index is 11.2. The molecule has 0 radical (unpaired) electrons. The molecule has 0 bridgehead atoms. The van der Waals surface area contributed by atoms with E-state index in [-0.39, 0.29) is 12.5 Å². The van der Waals surface area contributed by atoms with Crippen LogP contribution in [0.4, 0.5) is 11.4 Å². The number of benzene rings is 1. The molecule has 6 nitrogen and oxygen atoms in total. The van der Waals surface area contributed by atoms with Gasteiger partial charge in [-0.1, -0.05) is 11.6 Å². The van der Waals surface area contributed by atoms with E-state index in [0.29, 0.717) is 22.8 Å². The average Bonchev–Trinajstić information content (AvgIpc) is 2.29. The normalized spacial score (nSPS) is 12.8. The lowest BCUT2D eigenvalue weighted by atomic mass is 10.1. The fraction of sp³-hybridized carbons (Fsp3) is 0.417. The summed E-state index contributed by atoms with van der Waals surface area (Å²) in [4.78, 5) is 10.5. The van der Waals surface area contributed by atoms with E-state index in [1.165, 1.54) is 0 Å². The SMILES string of the molecule is CC(CCC(=O)O)Nc1cc(NS(C)(=O)=O)ccc1Cl. The molecule has 0 saturated carbocycles. The Morgan fingerprint density at radius 1 is 1.45 bits per heavy atom. The van der Waals surface area contributed by atoms with Gasteiger partial charge in [0.1, 0.15) is 0 Å². The number of halogens is 1. The van der Waals surface area contributed by atoms with Crippen LogP contribution in [0.2, 0.25) is 5.02 Å². The minimum absolute atomic E-state index is 0.0487. The molecule has 20 heavy (non-hydrogen) atoms. The lowest BCUT2D eigenvalue weighted by Crippen LogP contribution is -2.17. The number of sulfonamides is 1. The minimum Gasteiger partial charge on any atom is -0.481 e. The largest absolute Gasteiger partial charge is 0.481 e. The van der Waals surface area contributed by atoms with Crippen molar-refractivity contribution in [2.24, 2.45) is 0 Å². The molecule has 0 aliphatic carbocycles. The van der Waals surface area contributed by atoms with Crippen molar-refractivity contribution < 1.29 is 18.3 Å². The number of hydrogen-bond donors (Lipinski definition) is 3. The van der Waals surface area contributed by atoms with Gasteiger partial charge in [-0.3, -0.25) is 9.52 Å². The Balaban J connectivity index is 2.78. The Hall–Kier alpha value is -1.47. The number of aliphatic carboxylic acids is 1. The minimum atomic E-state index is -3.36. The van der Waals surface area contributed by atoms with Gasteiger partial charge in [-0.2, -0.15) is 0 Å². The zero-order valence-electron chi connectivity index (χ0n) is 11.2. The zero-order valence-corrected chi connectivity index (χ0v) is 12.8. The van der Waals surface area contributed by atoms with Gasteiger partial charge in [0.25, 0.3) is 0 Å². The van der Waals surface area contributed by atoms with Gasteiger partial charge in [0.2, 0.25) is 10.0 Å². The summed E-state index contributed by atoms with van der Waals surface area (Å²) in [5, 5.41) is 12.1. The molecule has 0 spiro atoms. The van der Waals surface area contributed by atoms with Gasteiger partial charge in [0.05, 0.1) is 22.7 Å². The highest BCUT2D eigenvalue weighted by Gasteiger charge is 2.10. The van der Waals surface area contributed by atoms with E-state index in [4.69, 9.17) is 16.7 Å². The second kappa shape index (κ2) is 6.81. The van der Waals surface area contributed by atoms with Gasteiger partial charge in [-0.25, -0.2) is 8.42 Å². The summed E-state index contributed by atoms with van der Waals surface area (Å²) < 4.78 is 24.7. The van der Waals surface area contributed by atoms with Crippen LogP contribution in [0.25, 0.3) is 0 Å². The van der Waals surface area contributed by atoms with Crippen molar-refractivity contribution in [3.63, 3.8) is 0 Å². The molecule has 0 aromatic heterocycles. The Bertz CT molecular complexity index is 589. The first kappa shape index (κ1) is 16.6. The van der Waals surface area contributed by atoms with Gasteiger partial charge in [0.15, 0.2) is 0 Å². The monoisotopic (exact) mass is 320 g/mol. The van der Waals surface area contributed by atoms with Crippen LogP contribution in [0, 0.1) is 0 Å². The summed E-state index contributed by atoms with van der Waals surface area (Å²) >= 11 is 6.02. The summed E-state index contributed by atoms with van der Waals surface area (Å²) in [5.74, 6) is -0.864. The first-order chi connectivity index (χ1) is 9.17. The van der Waals surface area contributed by atoms with Gasteiger partial charge in [-0.05, 0) is 31.5 Å². The second-order valence-corrected chi connectivity index (χ2v) is 6.70. The van der Waals surface area contributed by atoms with Crippen LogP contribution in [0.3, 0.4) is 0 Å². The number of nitrogens with one attached hydrogen (secondary N) is 2. The van der Waals surface area contributed by atoms with E-state index in [2.05, 4.69) is 10.0 Å². The molecule has 0 amide bonds. The predicted molar refractivity (Wildman–Crippen MR) is 79.9 cm³/mol. The molecule has 0 saturated heterocycles. The third kappa shape index (κ3) is 6.12. The molecule has 112 valence electrons. The van der Waals surface area contributed by atoms with Crippen LogP contribution in [0.5, 0.6) is 0 Å². The molecule has 3 N–H and O–H groups in total. The van der Waals surface area contributed by atoms with Crippen molar-refractivity contribution in [2.75, 3.05) is 16.3 Å². The summed E-state index contributed by atoms with van der Waals surface area (Å²) in [5.41, 5.74) is 0.947. The third-order valence-corrected chi connectivity index (χ3v) is 3.40. The number of rotatable bonds is 7. The van der Waals surface area contributed by atoms with Crippen LogP contribution < -0.4 is 10.0 Å². The third-order valence-electron chi connectivity index (χ3n) is 2.46. The van der Waals surface area contributed by atoms with E-state index in [9.17, 15) is 13.2 Å². The lowest BCUT2D eigenvalue weighted by molar-refractivity contribution is -0.137. The summed E-state index contributed by atoms with van der Waals surface area (Å²) in [6.07, 6.45) is 1.55. The van der Waals surface area contributed by atoms with Gasteiger partial charge < -0.3 is 10.4 Å². The van der Waals surface area contributed by atoms with Crippen LogP contribution in [-0.4, -0.2) is 31.8 Å². The first-order valence-electron chi connectivity index (χ1n) is 5.93. The summed E-state index contributed by atoms with van der Waals surface area (Å²) in [7, 11) is -3.36. The molecule has 1 unspecified atom stereocenters. The molecule has 0 aliphatic heterocycles. The standard InChI is InChI=1S/C12H17ClN2O4S/c1-8(3-6-12(16)17)14-11-7-9(4-5-10(11)13)15-20(2,18)19/h4-5,7-8,14-15H,3,6H2,1-2H3,(H,16,17). The highest BCUT2D eigenvalue weighted by molar-refractivity contribution is 7.92. The van der Waals surface area contributed by atoms with Crippen molar-refractivity contribution in [3.05, 3.63) is 23.2 Å². The highest BCUT2D eigenvalue weighted by Crippen LogP contribution is 2.27. The lowest BCUT2D eigenvalue weighted by Gasteiger charge is -2.16. The maximum Gasteiger partial charge on any atom is 0.303 e.